The molecule has 0 amide bonds. The molecule has 0 atom stereocenters. The zero-order valence-electron chi connectivity index (χ0n) is 14.7. The second-order valence-corrected chi connectivity index (χ2v) is 7.41. The van der Waals surface area contributed by atoms with Gasteiger partial charge < -0.3 is 4.74 Å². The van der Waals surface area contributed by atoms with Crippen molar-refractivity contribution in [3.05, 3.63) is 0 Å². The molecule has 0 aromatic heterocycles. The van der Waals surface area contributed by atoms with Crippen LogP contribution in [-0.4, -0.2) is 17.0 Å². The van der Waals surface area contributed by atoms with Crippen LogP contribution < -0.4 is 0 Å². The maximum absolute atomic E-state index is 10.6. The summed E-state index contributed by atoms with van der Waals surface area (Å²) < 4.78 is 6.25. The van der Waals surface area contributed by atoms with Crippen LogP contribution in [0.5, 0.6) is 0 Å². The molecule has 0 saturated heterocycles. The quantitative estimate of drug-likeness (QED) is 0.111. The van der Waals surface area contributed by atoms with Crippen molar-refractivity contribution < 1.29 is 9.53 Å². The summed E-state index contributed by atoms with van der Waals surface area (Å²) in [6, 6.07) is 0. The van der Waals surface area contributed by atoms with Crippen LogP contribution in [0.3, 0.4) is 0 Å². The Balaban J connectivity index is 2.95. The number of carbonyl (C=O) groups excluding carboxylic acids is 1. The van der Waals surface area contributed by atoms with Gasteiger partial charge in [0.1, 0.15) is 0 Å². The van der Waals surface area contributed by atoms with Gasteiger partial charge in [0, 0.05) is 6.92 Å². The number of hydrogen-bond donors (Lipinski definition) is 0. The molecule has 0 radical (unpaired) electrons. The van der Waals surface area contributed by atoms with Crippen LogP contribution in [0, 0.1) is 0 Å². The lowest BCUT2D eigenvalue weighted by Crippen LogP contribution is -2.00. The van der Waals surface area contributed by atoms with Gasteiger partial charge in [0.25, 0.3) is 0 Å². The van der Waals surface area contributed by atoms with Gasteiger partial charge in [0.15, 0.2) is 0 Å². The SMILES string of the molecule is CC(=O)OCCCCCCCCCCCCCCCCCI. The third-order valence-electron chi connectivity index (χ3n) is 4.08. The van der Waals surface area contributed by atoms with Crippen molar-refractivity contribution >= 4 is 28.6 Å². The molecule has 0 unspecified atom stereocenters. The molecule has 0 aliphatic rings. The number of esters is 1. The highest BCUT2D eigenvalue weighted by Crippen LogP contribution is 2.13. The zero-order valence-corrected chi connectivity index (χ0v) is 16.9. The van der Waals surface area contributed by atoms with Crippen LogP contribution in [0.1, 0.15) is 103 Å². The monoisotopic (exact) mass is 424 g/mol. The second kappa shape index (κ2) is 19.2. The molecule has 0 N–H and O–H groups in total. The Morgan fingerprint density at radius 2 is 0.955 bits per heavy atom. The Bertz CT molecular complexity index is 231. The fraction of sp³-hybridized carbons (Fsp3) is 0.947. The smallest absolute Gasteiger partial charge is 0.302 e. The minimum absolute atomic E-state index is 0.152. The maximum atomic E-state index is 10.6. The predicted octanol–water partition coefficient (Wildman–Crippen LogP) is 6.84. The molecule has 0 bridgehead atoms. The van der Waals surface area contributed by atoms with E-state index in [4.69, 9.17) is 4.74 Å². The molecule has 0 spiro atoms. The van der Waals surface area contributed by atoms with E-state index in [9.17, 15) is 4.79 Å². The fourth-order valence-electron chi connectivity index (χ4n) is 2.71. The van der Waals surface area contributed by atoms with Crippen molar-refractivity contribution in [2.24, 2.45) is 0 Å². The van der Waals surface area contributed by atoms with Crippen LogP contribution in [0.4, 0.5) is 0 Å². The van der Waals surface area contributed by atoms with Crippen molar-refractivity contribution in [1.82, 2.24) is 0 Å². The van der Waals surface area contributed by atoms with Gasteiger partial charge >= 0.3 is 5.97 Å². The maximum Gasteiger partial charge on any atom is 0.302 e. The second-order valence-electron chi connectivity index (χ2n) is 6.33. The minimum atomic E-state index is -0.152. The molecule has 0 aromatic carbocycles. The first-order chi connectivity index (χ1) is 10.8. The van der Waals surface area contributed by atoms with Gasteiger partial charge in [-0.3, -0.25) is 4.79 Å². The number of hydrogen-bond acceptors (Lipinski definition) is 2. The van der Waals surface area contributed by atoms with E-state index in [1.807, 2.05) is 0 Å². The Morgan fingerprint density at radius 3 is 1.27 bits per heavy atom. The van der Waals surface area contributed by atoms with E-state index in [-0.39, 0.29) is 5.97 Å². The Kier molecular flexibility index (Phi) is 19.4. The number of alkyl halides is 1. The number of halogens is 1. The fourth-order valence-corrected chi connectivity index (χ4v) is 3.25. The Morgan fingerprint density at radius 1 is 0.636 bits per heavy atom. The van der Waals surface area contributed by atoms with Crippen molar-refractivity contribution in [1.29, 1.82) is 0 Å². The summed E-state index contributed by atoms with van der Waals surface area (Å²) in [6.07, 6.45) is 20.6. The van der Waals surface area contributed by atoms with Crippen molar-refractivity contribution in [2.75, 3.05) is 11.0 Å². The molecule has 0 aliphatic carbocycles. The van der Waals surface area contributed by atoms with Crippen LogP contribution in [0.2, 0.25) is 0 Å². The summed E-state index contributed by atoms with van der Waals surface area (Å²) in [6.45, 7) is 2.08. The van der Waals surface area contributed by atoms with Gasteiger partial charge in [-0.1, -0.05) is 106 Å². The van der Waals surface area contributed by atoms with E-state index in [1.54, 1.807) is 0 Å². The van der Waals surface area contributed by atoms with Gasteiger partial charge in [-0.05, 0) is 17.3 Å². The van der Waals surface area contributed by atoms with E-state index >= 15 is 0 Å². The van der Waals surface area contributed by atoms with E-state index in [2.05, 4.69) is 22.6 Å². The first-order valence-corrected chi connectivity index (χ1v) is 11.0. The summed E-state index contributed by atoms with van der Waals surface area (Å²) >= 11 is 2.47. The highest BCUT2D eigenvalue weighted by atomic mass is 127. The van der Waals surface area contributed by atoms with Gasteiger partial charge in [0.05, 0.1) is 6.61 Å². The third kappa shape index (κ3) is 20.2. The average Bonchev–Trinajstić information content (AvgIpc) is 2.50. The predicted molar refractivity (Wildman–Crippen MR) is 105 cm³/mol. The lowest BCUT2D eigenvalue weighted by Gasteiger charge is -2.04. The largest absolute Gasteiger partial charge is 0.466 e. The molecular weight excluding hydrogens is 387 g/mol. The van der Waals surface area contributed by atoms with Crippen LogP contribution >= 0.6 is 22.6 Å². The molecule has 0 fully saturated rings. The first kappa shape index (κ1) is 22.2. The van der Waals surface area contributed by atoms with Crippen molar-refractivity contribution in [3.8, 4) is 0 Å². The topological polar surface area (TPSA) is 26.3 Å². The van der Waals surface area contributed by atoms with E-state index in [1.165, 1.54) is 101 Å². The first-order valence-electron chi connectivity index (χ1n) is 9.46. The molecule has 132 valence electrons. The van der Waals surface area contributed by atoms with Crippen molar-refractivity contribution in [3.63, 3.8) is 0 Å². The lowest BCUT2D eigenvalue weighted by molar-refractivity contribution is -0.141. The summed E-state index contributed by atoms with van der Waals surface area (Å²) in [4.78, 5) is 10.6. The van der Waals surface area contributed by atoms with E-state index in [0.717, 1.165) is 6.42 Å². The summed E-state index contributed by atoms with van der Waals surface area (Å²) in [7, 11) is 0. The number of ether oxygens (including phenoxy) is 1. The summed E-state index contributed by atoms with van der Waals surface area (Å²) in [5, 5.41) is 0. The highest BCUT2D eigenvalue weighted by molar-refractivity contribution is 14.1. The standard InChI is InChI=1S/C19H37IO2/c1-19(21)22-18-16-14-12-10-8-6-4-2-3-5-7-9-11-13-15-17-20/h2-18H2,1H3. The van der Waals surface area contributed by atoms with Gasteiger partial charge in [0.2, 0.25) is 0 Å². The molecule has 0 saturated carbocycles. The highest BCUT2D eigenvalue weighted by Gasteiger charge is 1.95. The normalized spacial score (nSPS) is 10.8. The zero-order chi connectivity index (χ0) is 16.3. The molecule has 0 aliphatic heterocycles. The molecule has 2 nitrogen and oxygen atoms in total. The Labute approximate surface area is 152 Å². The van der Waals surface area contributed by atoms with Crippen LogP contribution in [0.15, 0.2) is 0 Å². The summed E-state index contributed by atoms with van der Waals surface area (Å²) in [5.74, 6) is -0.152. The van der Waals surface area contributed by atoms with Crippen LogP contribution in [0.25, 0.3) is 0 Å². The van der Waals surface area contributed by atoms with Crippen molar-refractivity contribution in [2.45, 2.75) is 103 Å². The molecule has 0 heterocycles. The molecule has 3 heteroatoms. The van der Waals surface area contributed by atoms with Crippen LogP contribution in [-0.2, 0) is 9.53 Å². The molecular formula is C19H37IO2. The van der Waals surface area contributed by atoms with E-state index in [0.29, 0.717) is 6.61 Å². The van der Waals surface area contributed by atoms with E-state index < -0.39 is 0 Å². The number of rotatable bonds is 17. The molecule has 0 aromatic rings. The number of unbranched alkanes of at least 4 members (excludes halogenated alkanes) is 14. The van der Waals surface area contributed by atoms with Gasteiger partial charge in [-0.15, -0.1) is 0 Å². The molecule has 0 rings (SSSR count). The number of carbonyl (C=O) groups is 1. The minimum Gasteiger partial charge on any atom is -0.466 e. The third-order valence-corrected chi connectivity index (χ3v) is 4.85. The lowest BCUT2D eigenvalue weighted by atomic mass is 10.0. The summed E-state index contributed by atoms with van der Waals surface area (Å²) in [5.41, 5.74) is 0. The average molecular weight is 424 g/mol. The van der Waals surface area contributed by atoms with Gasteiger partial charge in [-0.25, -0.2) is 0 Å². The molecule has 22 heavy (non-hydrogen) atoms. The Hall–Kier alpha value is 0.200. The van der Waals surface area contributed by atoms with Gasteiger partial charge in [-0.2, -0.15) is 0 Å².